The van der Waals surface area contributed by atoms with Gasteiger partial charge in [-0.25, -0.2) is 0 Å². The molecule has 2 nitrogen and oxygen atoms in total. The Hall–Kier alpha value is -1.32. The summed E-state index contributed by atoms with van der Waals surface area (Å²) < 4.78 is 1.04. The fourth-order valence-electron chi connectivity index (χ4n) is 1.79. The van der Waals surface area contributed by atoms with E-state index in [1.807, 2.05) is 54.6 Å². The molecule has 2 aromatic rings. The highest BCUT2D eigenvalue weighted by atomic mass is 79.9. The molecule has 0 aliphatic carbocycles. The van der Waals surface area contributed by atoms with E-state index >= 15 is 0 Å². The predicted molar refractivity (Wildman–Crippen MR) is 78.7 cm³/mol. The Morgan fingerprint density at radius 3 is 2.39 bits per heavy atom. The fourth-order valence-corrected chi connectivity index (χ4v) is 2.21. The van der Waals surface area contributed by atoms with Crippen molar-refractivity contribution in [3.63, 3.8) is 0 Å². The number of rotatable bonds is 5. The summed E-state index contributed by atoms with van der Waals surface area (Å²) in [4.78, 5) is 0. The lowest BCUT2D eigenvalue weighted by Gasteiger charge is -2.13. The molecular weight excluding hydrogens is 290 g/mol. The van der Waals surface area contributed by atoms with Gasteiger partial charge in [-0.15, -0.1) is 0 Å². The number of hydrogen-bond acceptors (Lipinski definition) is 2. The van der Waals surface area contributed by atoms with Gasteiger partial charge in [-0.1, -0.05) is 42.5 Å². The predicted octanol–water partition coefficient (Wildman–Crippen LogP) is 3.98. The zero-order valence-corrected chi connectivity index (χ0v) is 11.6. The first-order valence-corrected chi connectivity index (χ1v) is 6.78. The molecule has 0 aliphatic rings. The zero-order chi connectivity index (χ0) is 12.8. The Kier molecular flexibility index (Phi) is 4.79. The van der Waals surface area contributed by atoms with E-state index in [1.165, 1.54) is 0 Å². The number of aliphatic hydroxyl groups is 1. The van der Waals surface area contributed by atoms with Crippen LogP contribution in [0.25, 0.3) is 0 Å². The highest BCUT2D eigenvalue weighted by molar-refractivity contribution is 9.10. The average molecular weight is 306 g/mol. The normalized spacial score (nSPS) is 12.1. The van der Waals surface area contributed by atoms with E-state index in [9.17, 15) is 5.11 Å². The largest absolute Gasteiger partial charge is 0.388 e. The lowest BCUT2D eigenvalue weighted by atomic mass is 10.1. The van der Waals surface area contributed by atoms with Crippen LogP contribution in [-0.2, 0) is 0 Å². The van der Waals surface area contributed by atoms with Crippen molar-refractivity contribution in [2.75, 3.05) is 11.9 Å². The van der Waals surface area contributed by atoms with Gasteiger partial charge in [0.2, 0.25) is 0 Å². The molecule has 0 aromatic heterocycles. The van der Waals surface area contributed by atoms with E-state index < -0.39 is 6.10 Å². The lowest BCUT2D eigenvalue weighted by Crippen LogP contribution is -2.07. The van der Waals surface area contributed by atoms with Crippen molar-refractivity contribution in [1.29, 1.82) is 0 Å². The molecule has 18 heavy (non-hydrogen) atoms. The van der Waals surface area contributed by atoms with Gasteiger partial charge in [-0.3, -0.25) is 0 Å². The van der Waals surface area contributed by atoms with E-state index in [-0.39, 0.29) is 0 Å². The highest BCUT2D eigenvalue weighted by Crippen LogP contribution is 2.22. The van der Waals surface area contributed by atoms with Crippen LogP contribution in [0.1, 0.15) is 18.1 Å². The van der Waals surface area contributed by atoms with Crippen LogP contribution in [0.2, 0.25) is 0 Å². The number of benzene rings is 2. The lowest BCUT2D eigenvalue weighted by molar-refractivity contribution is 0.171. The van der Waals surface area contributed by atoms with Gasteiger partial charge < -0.3 is 10.4 Å². The average Bonchev–Trinajstić information content (AvgIpc) is 2.42. The standard InChI is InChI=1S/C15H16BrNO/c16-13-8-4-5-9-14(13)17-11-10-15(18)12-6-2-1-3-7-12/h1-9,15,17-18H,10-11H2. The van der Waals surface area contributed by atoms with Crippen molar-refractivity contribution in [3.05, 3.63) is 64.6 Å². The summed E-state index contributed by atoms with van der Waals surface area (Å²) in [5.41, 5.74) is 2.02. The van der Waals surface area contributed by atoms with Crippen LogP contribution in [0.3, 0.4) is 0 Å². The molecule has 94 valence electrons. The van der Waals surface area contributed by atoms with Crippen molar-refractivity contribution in [2.24, 2.45) is 0 Å². The number of para-hydroxylation sites is 1. The number of halogens is 1. The van der Waals surface area contributed by atoms with Crippen molar-refractivity contribution < 1.29 is 5.11 Å². The van der Waals surface area contributed by atoms with E-state index in [0.29, 0.717) is 6.42 Å². The van der Waals surface area contributed by atoms with Gasteiger partial charge in [0, 0.05) is 16.7 Å². The quantitative estimate of drug-likeness (QED) is 0.875. The van der Waals surface area contributed by atoms with E-state index in [0.717, 1.165) is 22.3 Å². The number of nitrogens with one attached hydrogen (secondary N) is 1. The SMILES string of the molecule is OC(CCNc1ccccc1Br)c1ccccc1. The van der Waals surface area contributed by atoms with Gasteiger partial charge in [0.1, 0.15) is 0 Å². The third-order valence-corrected chi connectivity index (χ3v) is 3.48. The van der Waals surface area contributed by atoms with Crippen LogP contribution < -0.4 is 5.32 Å². The first-order valence-electron chi connectivity index (χ1n) is 5.99. The summed E-state index contributed by atoms with van der Waals surface area (Å²) in [6.07, 6.45) is 0.270. The second-order valence-electron chi connectivity index (χ2n) is 4.12. The molecule has 0 spiro atoms. The van der Waals surface area contributed by atoms with Gasteiger partial charge in [0.25, 0.3) is 0 Å². The molecule has 0 saturated heterocycles. The van der Waals surface area contributed by atoms with Crippen LogP contribution in [-0.4, -0.2) is 11.7 Å². The van der Waals surface area contributed by atoms with Crippen molar-refractivity contribution in [1.82, 2.24) is 0 Å². The van der Waals surface area contributed by atoms with E-state index in [4.69, 9.17) is 0 Å². The van der Waals surface area contributed by atoms with Gasteiger partial charge in [-0.2, -0.15) is 0 Å². The van der Waals surface area contributed by atoms with Crippen LogP contribution in [0.15, 0.2) is 59.1 Å². The zero-order valence-electron chi connectivity index (χ0n) is 10.0. The smallest absolute Gasteiger partial charge is 0.0806 e. The third-order valence-electron chi connectivity index (χ3n) is 2.79. The molecule has 2 rings (SSSR count). The maximum atomic E-state index is 10.0. The molecular formula is C15H16BrNO. The van der Waals surface area contributed by atoms with E-state index in [1.54, 1.807) is 0 Å². The van der Waals surface area contributed by atoms with Gasteiger partial charge >= 0.3 is 0 Å². The Balaban J connectivity index is 1.84. The van der Waals surface area contributed by atoms with Gasteiger partial charge in [0.15, 0.2) is 0 Å². The highest BCUT2D eigenvalue weighted by Gasteiger charge is 2.06. The molecule has 3 heteroatoms. The maximum absolute atomic E-state index is 10.0. The molecule has 0 heterocycles. The van der Waals surface area contributed by atoms with Crippen LogP contribution in [0, 0.1) is 0 Å². The van der Waals surface area contributed by atoms with E-state index in [2.05, 4.69) is 21.2 Å². The fraction of sp³-hybridized carbons (Fsp3) is 0.200. The minimum atomic E-state index is -0.416. The summed E-state index contributed by atoms with van der Waals surface area (Å²) in [5, 5.41) is 13.3. The Bertz CT molecular complexity index is 487. The monoisotopic (exact) mass is 305 g/mol. The van der Waals surface area contributed by atoms with Crippen LogP contribution in [0.5, 0.6) is 0 Å². The number of aliphatic hydroxyl groups excluding tert-OH is 1. The molecule has 0 saturated carbocycles. The molecule has 0 bridgehead atoms. The minimum Gasteiger partial charge on any atom is -0.388 e. The second kappa shape index (κ2) is 6.57. The van der Waals surface area contributed by atoms with Gasteiger partial charge in [-0.05, 0) is 40.0 Å². The Labute approximate surface area is 116 Å². The summed E-state index contributed by atoms with van der Waals surface area (Å²) in [6.45, 7) is 0.735. The second-order valence-corrected chi connectivity index (χ2v) is 4.98. The Morgan fingerprint density at radius 2 is 1.67 bits per heavy atom. The summed E-state index contributed by atoms with van der Waals surface area (Å²) in [5.74, 6) is 0. The number of anilines is 1. The van der Waals surface area contributed by atoms with Gasteiger partial charge in [0.05, 0.1) is 6.10 Å². The summed E-state index contributed by atoms with van der Waals surface area (Å²) >= 11 is 3.48. The molecule has 0 radical (unpaired) electrons. The number of hydrogen-bond donors (Lipinski definition) is 2. The topological polar surface area (TPSA) is 32.3 Å². The first kappa shape index (κ1) is 13.1. The molecule has 0 aliphatic heterocycles. The molecule has 0 fully saturated rings. The van der Waals surface area contributed by atoms with Crippen LogP contribution in [0.4, 0.5) is 5.69 Å². The Morgan fingerprint density at radius 1 is 1.00 bits per heavy atom. The first-order chi connectivity index (χ1) is 8.77. The summed E-state index contributed by atoms with van der Waals surface area (Å²) in [6, 6.07) is 17.7. The van der Waals surface area contributed by atoms with Crippen molar-refractivity contribution in [2.45, 2.75) is 12.5 Å². The molecule has 1 atom stereocenters. The third kappa shape index (κ3) is 3.59. The van der Waals surface area contributed by atoms with Crippen molar-refractivity contribution in [3.8, 4) is 0 Å². The molecule has 1 unspecified atom stereocenters. The molecule has 2 N–H and O–H groups in total. The molecule has 2 aromatic carbocycles. The van der Waals surface area contributed by atoms with Crippen LogP contribution >= 0.6 is 15.9 Å². The molecule has 0 amide bonds. The van der Waals surface area contributed by atoms with Crippen molar-refractivity contribution >= 4 is 21.6 Å². The minimum absolute atomic E-state index is 0.416. The summed E-state index contributed by atoms with van der Waals surface area (Å²) in [7, 11) is 0. The maximum Gasteiger partial charge on any atom is 0.0806 e.